The number of hydrogen-bond acceptors (Lipinski definition) is 6. The summed E-state index contributed by atoms with van der Waals surface area (Å²) in [4.78, 5) is 36.4. The van der Waals surface area contributed by atoms with Crippen LogP contribution >= 0.6 is 0 Å². The zero-order valence-electron chi connectivity index (χ0n) is 18.5. The van der Waals surface area contributed by atoms with E-state index in [4.69, 9.17) is 11.1 Å². The van der Waals surface area contributed by atoms with E-state index in [0.29, 0.717) is 40.8 Å². The highest BCUT2D eigenvalue weighted by molar-refractivity contribution is 6.47. The lowest BCUT2D eigenvalue weighted by molar-refractivity contribution is -0.110. The van der Waals surface area contributed by atoms with Crippen LogP contribution in [0.5, 0.6) is 0 Å². The lowest BCUT2D eigenvalue weighted by atomic mass is 10.1. The predicted octanol–water partition coefficient (Wildman–Crippen LogP) is 3.22. The van der Waals surface area contributed by atoms with E-state index in [-0.39, 0.29) is 11.6 Å². The van der Waals surface area contributed by atoms with Crippen molar-refractivity contribution in [2.75, 3.05) is 11.9 Å². The summed E-state index contributed by atoms with van der Waals surface area (Å²) in [6.07, 6.45) is 3.10. The molecule has 3 aromatic heterocycles. The average molecular weight is 434 g/mol. The second-order valence-electron chi connectivity index (χ2n) is 8.02. The van der Waals surface area contributed by atoms with E-state index in [1.54, 1.807) is 38.2 Å². The third-order valence-corrected chi connectivity index (χ3v) is 4.90. The van der Waals surface area contributed by atoms with Crippen LogP contribution in [-0.2, 0) is 4.79 Å². The number of fused-ring (bicyclic) bond motifs is 1. The number of nitrogens with two attached hydrogens (primary N) is 1. The highest BCUT2D eigenvalue weighted by Gasteiger charge is 2.15. The van der Waals surface area contributed by atoms with Crippen LogP contribution in [0.4, 0.5) is 5.69 Å². The molecule has 0 aliphatic heterocycles. The molecule has 9 nitrogen and oxygen atoms in total. The Morgan fingerprint density at radius 1 is 1.19 bits per heavy atom. The van der Waals surface area contributed by atoms with Gasteiger partial charge in [-0.1, -0.05) is 13.8 Å². The predicted molar refractivity (Wildman–Crippen MR) is 125 cm³/mol. The molecule has 0 spiro atoms. The van der Waals surface area contributed by atoms with E-state index in [9.17, 15) is 9.59 Å². The highest BCUT2D eigenvalue weighted by Crippen LogP contribution is 2.25. The standard InChI is InChI=1S/C23H27N7O2/c1-12(2)10-28-22(31)19-8-15(5-6-26-19)18-9-16-7-17(11-27-21(16)30-18)29-23(32)20(25)13(3)14(4)24/h5-9,11-12,25H,10,24H2,1-4H3,(H,27,30)(H,28,31)(H,29,32)/b14-13-,25-20?. The molecule has 0 aromatic carbocycles. The van der Waals surface area contributed by atoms with Gasteiger partial charge >= 0.3 is 0 Å². The van der Waals surface area contributed by atoms with Crippen LogP contribution in [0.3, 0.4) is 0 Å². The first kappa shape index (κ1) is 22.7. The first-order chi connectivity index (χ1) is 15.2. The molecule has 3 aromatic rings. The quantitative estimate of drug-likeness (QED) is 0.363. The Kier molecular flexibility index (Phi) is 6.67. The van der Waals surface area contributed by atoms with Crippen molar-refractivity contribution in [3.8, 4) is 11.3 Å². The minimum Gasteiger partial charge on any atom is -0.402 e. The molecule has 0 aliphatic carbocycles. The van der Waals surface area contributed by atoms with Gasteiger partial charge in [0.1, 0.15) is 17.1 Å². The van der Waals surface area contributed by atoms with Crippen molar-refractivity contribution in [3.05, 3.63) is 53.6 Å². The Labute approximate surface area is 186 Å². The molecular formula is C23H27N7O2. The molecule has 9 heteroatoms. The van der Waals surface area contributed by atoms with Gasteiger partial charge in [-0.3, -0.25) is 20.0 Å². The third kappa shape index (κ3) is 5.18. The minimum atomic E-state index is -0.560. The molecule has 0 aliphatic rings. The lowest BCUT2D eigenvalue weighted by Crippen LogP contribution is -2.28. The molecule has 0 saturated heterocycles. The van der Waals surface area contributed by atoms with E-state index in [1.807, 2.05) is 19.9 Å². The summed E-state index contributed by atoms with van der Waals surface area (Å²) in [5.41, 5.74) is 9.30. The number of rotatable bonds is 7. The van der Waals surface area contributed by atoms with Gasteiger partial charge in [-0.05, 0) is 49.6 Å². The number of anilines is 1. The van der Waals surface area contributed by atoms with Gasteiger partial charge in [0.25, 0.3) is 11.8 Å². The smallest absolute Gasteiger partial charge is 0.273 e. The largest absolute Gasteiger partial charge is 0.402 e. The van der Waals surface area contributed by atoms with Crippen LogP contribution in [0.2, 0.25) is 0 Å². The monoisotopic (exact) mass is 433 g/mol. The number of aromatic nitrogens is 3. The van der Waals surface area contributed by atoms with Crippen molar-refractivity contribution in [2.45, 2.75) is 27.7 Å². The lowest BCUT2D eigenvalue weighted by Gasteiger charge is -2.07. The third-order valence-electron chi connectivity index (χ3n) is 4.90. The van der Waals surface area contributed by atoms with Crippen molar-refractivity contribution >= 4 is 34.2 Å². The van der Waals surface area contributed by atoms with Crippen LogP contribution < -0.4 is 16.4 Å². The van der Waals surface area contributed by atoms with Crippen molar-refractivity contribution in [3.63, 3.8) is 0 Å². The summed E-state index contributed by atoms with van der Waals surface area (Å²) in [5.74, 6) is -0.436. The molecule has 0 atom stereocenters. The second-order valence-corrected chi connectivity index (χ2v) is 8.02. The van der Waals surface area contributed by atoms with Gasteiger partial charge in [0.15, 0.2) is 0 Å². The first-order valence-corrected chi connectivity index (χ1v) is 10.2. The number of pyridine rings is 2. The Morgan fingerprint density at radius 2 is 1.94 bits per heavy atom. The SMILES string of the molecule is C/C(N)=C(\C)C(=N)C(=O)Nc1cnc2[nH]c(-c3ccnc(C(=O)NCC(C)C)c3)cc2c1. The molecule has 0 radical (unpaired) electrons. The molecular weight excluding hydrogens is 406 g/mol. The van der Waals surface area contributed by atoms with Crippen LogP contribution in [0.15, 0.2) is 47.9 Å². The Morgan fingerprint density at radius 3 is 2.62 bits per heavy atom. The van der Waals surface area contributed by atoms with Crippen LogP contribution in [-0.4, -0.2) is 39.0 Å². The highest BCUT2D eigenvalue weighted by atomic mass is 16.2. The number of hydrogen-bond donors (Lipinski definition) is 5. The first-order valence-electron chi connectivity index (χ1n) is 10.2. The van der Waals surface area contributed by atoms with E-state index in [2.05, 4.69) is 25.6 Å². The van der Waals surface area contributed by atoms with Gasteiger partial charge in [0, 0.05) is 35.1 Å². The van der Waals surface area contributed by atoms with Crippen molar-refractivity contribution in [2.24, 2.45) is 11.7 Å². The Balaban J connectivity index is 1.82. The number of carbonyl (C=O) groups excluding carboxylic acids is 2. The molecule has 32 heavy (non-hydrogen) atoms. The summed E-state index contributed by atoms with van der Waals surface area (Å²) >= 11 is 0. The maximum atomic E-state index is 12.3. The normalized spacial score (nSPS) is 11.9. The number of aromatic amines is 1. The van der Waals surface area contributed by atoms with E-state index < -0.39 is 5.91 Å². The van der Waals surface area contributed by atoms with Gasteiger partial charge in [0.05, 0.1) is 11.9 Å². The number of H-pyrrole nitrogens is 1. The van der Waals surface area contributed by atoms with Crippen LogP contribution in [0.1, 0.15) is 38.2 Å². The Bertz CT molecular complexity index is 1220. The van der Waals surface area contributed by atoms with E-state index >= 15 is 0 Å². The maximum absolute atomic E-state index is 12.3. The molecule has 0 unspecified atom stereocenters. The second kappa shape index (κ2) is 9.42. The molecule has 0 saturated carbocycles. The van der Waals surface area contributed by atoms with Gasteiger partial charge in [-0.25, -0.2) is 4.98 Å². The fourth-order valence-electron chi connectivity index (χ4n) is 2.91. The molecule has 3 rings (SSSR count). The zero-order valence-corrected chi connectivity index (χ0v) is 18.5. The number of amides is 2. The average Bonchev–Trinajstić information content (AvgIpc) is 3.19. The molecule has 6 N–H and O–H groups in total. The Hall–Kier alpha value is -4.01. The molecule has 0 fully saturated rings. The summed E-state index contributed by atoms with van der Waals surface area (Å²) in [6, 6.07) is 7.16. The van der Waals surface area contributed by atoms with E-state index in [1.165, 1.54) is 6.20 Å². The summed E-state index contributed by atoms with van der Waals surface area (Å²) in [5, 5.41) is 14.3. The zero-order chi connectivity index (χ0) is 23.4. The molecule has 0 bridgehead atoms. The van der Waals surface area contributed by atoms with Gasteiger partial charge in [-0.15, -0.1) is 0 Å². The van der Waals surface area contributed by atoms with Crippen molar-refractivity contribution < 1.29 is 9.59 Å². The minimum absolute atomic E-state index is 0.195. The molecule has 2 amide bonds. The molecule has 3 heterocycles. The van der Waals surface area contributed by atoms with E-state index in [0.717, 1.165) is 16.6 Å². The summed E-state index contributed by atoms with van der Waals surface area (Å²) < 4.78 is 0. The fraction of sp³-hybridized carbons (Fsp3) is 0.261. The molecule has 166 valence electrons. The number of nitrogens with one attached hydrogen (secondary N) is 4. The number of carbonyl (C=O) groups is 2. The fourth-order valence-corrected chi connectivity index (χ4v) is 2.91. The summed E-state index contributed by atoms with van der Waals surface area (Å²) in [6.45, 7) is 7.90. The summed E-state index contributed by atoms with van der Waals surface area (Å²) in [7, 11) is 0. The van der Waals surface area contributed by atoms with Crippen molar-refractivity contribution in [1.82, 2.24) is 20.3 Å². The topological polar surface area (TPSA) is 150 Å². The van der Waals surface area contributed by atoms with Crippen LogP contribution in [0, 0.1) is 11.3 Å². The van der Waals surface area contributed by atoms with Gasteiger partial charge in [0.2, 0.25) is 0 Å². The van der Waals surface area contributed by atoms with Crippen molar-refractivity contribution in [1.29, 1.82) is 5.41 Å². The number of allylic oxidation sites excluding steroid dienone is 1. The van der Waals surface area contributed by atoms with Crippen LogP contribution in [0.25, 0.3) is 22.3 Å². The van der Waals surface area contributed by atoms with Gasteiger partial charge < -0.3 is 21.4 Å². The van der Waals surface area contributed by atoms with Gasteiger partial charge in [-0.2, -0.15) is 0 Å². The number of nitrogens with zero attached hydrogens (tertiary/aromatic N) is 2. The maximum Gasteiger partial charge on any atom is 0.273 e.